The molecule has 2 aromatic rings. The predicted molar refractivity (Wildman–Crippen MR) is 144 cm³/mol. The summed E-state index contributed by atoms with van der Waals surface area (Å²) in [5, 5.41) is 37.1. The zero-order valence-electron chi connectivity index (χ0n) is 21.3. The lowest BCUT2D eigenvalue weighted by Crippen LogP contribution is -2.21. The molecule has 0 saturated heterocycles. The Morgan fingerprint density at radius 3 is 2.22 bits per heavy atom. The van der Waals surface area contributed by atoms with Crippen LogP contribution in [0.15, 0.2) is 47.5 Å². The molecular weight excluding hydrogens is 494 g/mol. The number of benzene rings is 1. The van der Waals surface area contributed by atoms with Crippen molar-refractivity contribution < 1.29 is 34.8 Å². The maximum absolute atomic E-state index is 11.2. The highest BCUT2D eigenvalue weighted by Crippen LogP contribution is 2.37. The Hall–Kier alpha value is -2.88. The van der Waals surface area contributed by atoms with E-state index in [0.717, 1.165) is 25.3 Å². The predicted octanol–water partition coefficient (Wildman–Crippen LogP) is 6.06. The maximum Gasteiger partial charge on any atom is 0.335 e. The molecule has 0 saturated carbocycles. The number of rotatable bonds is 18. The molecule has 1 heterocycles. The number of unbranched alkanes of at least 4 members (excludes halogenated alkanes) is 9. The van der Waals surface area contributed by atoms with Crippen LogP contribution in [0.3, 0.4) is 0 Å². The highest BCUT2D eigenvalue weighted by molar-refractivity contribution is 7.99. The number of carbonyl (C=O) groups is 2. The summed E-state index contributed by atoms with van der Waals surface area (Å²) in [6, 6.07) is 8.48. The zero-order chi connectivity index (χ0) is 27.1. The van der Waals surface area contributed by atoms with E-state index in [4.69, 9.17) is 14.9 Å². The average molecular weight is 532 g/mol. The monoisotopic (exact) mass is 531 g/mol. The van der Waals surface area contributed by atoms with Crippen molar-refractivity contribution in [2.45, 2.75) is 81.3 Å². The van der Waals surface area contributed by atoms with Crippen LogP contribution in [-0.2, 0) is 9.91 Å². The van der Waals surface area contributed by atoms with Crippen LogP contribution in [0.25, 0.3) is 6.08 Å². The number of aromatic carboxylic acids is 1. The summed E-state index contributed by atoms with van der Waals surface area (Å²) < 4.78 is 5.85. The van der Waals surface area contributed by atoms with Crippen LogP contribution in [0.1, 0.15) is 92.7 Å². The average Bonchev–Trinajstić information content (AvgIpc) is 2.86. The maximum atomic E-state index is 11.2. The highest BCUT2D eigenvalue weighted by Gasteiger charge is 2.29. The summed E-state index contributed by atoms with van der Waals surface area (Å²) in [7, 11) is 0. The molecule has 8 nitrogen and oxygen atoms in total. The van der Waals surface area contributed by atoms with Crippen molar-refractivity contribution in [3.8, 4) is 5.75 Å². The number of aliphatic hydroxyl groups is 2. The Morgan fingerprint density at radius 2 is 1.59 bits per heavy atom. The van der Waals surface area contributed by atoms with E-state index in [1.165, 1.54) is 75.3 Å². The van der Waals surface area contributed by atoms with Gasteiger partial charge in [0, 0.05) is 11.6 Å². The molecule has 0 aliphatic carbocycles. The summed E-state index contributed by atoms with van der Waals surface area (Å²) in [6.07, 6.45) is 14.3. The second-order valence-corrected chi connectivity index (χ2v) is 10.0. The first-order valence-corrected chi connectivity index (χ1v) is 13.6. The molecule has 2 rings (SSSR count). The van der Waals surface area contributed by atoms with Gasteiger partial charge in [0.2, 0.25) is 5.12 Å². The van der Waals surface area contributed by atoms with Gasteiger partial charge in [0.25, 0.3) is 0 Å². The number of hydrogen-bond acceptors (Lipinski definition) is 7. The number of pyridine rings is 1. The van der Waals surface area contributed by atoms with Crippen LogP contribution in [0.5, 0.6) is 5.75 Å². The van der Waals surface area contributed by atoms with Gasteiger partial charge in [0.15, 0.2) is 0 Å². The molecule has 0 bridgehead atoms. The Kier molecular flexibility index (Phi) is 13.2. The number of ether oxygens (including phenoxy) is 1. The fourth-order valence-electron chi connectivity index (χ4n) is 3.72. The van der Waals surface area contributed by atoms with Crippen LogP contribution >= 0.6 is 11.8 Å². The smallest absolute Gasteiger partial charge is 0.335 e. The van der Waals surface area contributed by atoms with E-state index < -0.39 is 17.1 Å². The standard InChI is InChI=1S/C28H37NO7S/c1-2-3-4-5-6-7-8-9-10-11-19-36-24-16-17-25(29-23(24)15-18-26(30)31)37-28(34,35)22-14-12-13-21(20-22)27(32)33/h12-18,20,34-35H,2-11,19H2,1H3,(H,30,31)(H,32,33)/b18-15+. The molecule has 0 atom stereocenters. The number of aliphatic carboxylic acids is 1. The van der Waals surface area contributed by atoms with Gasteiger partial charge in [-0.3, -0.25) is 0 Å². The third-order valence-corrected chi connectivity index (χ3v) is 6.69. The van der Waals surface area contributed by atoms with Crippen molar-refractivity contribution in [3.63, 3.8) is 0 Å². The molecule has 1 aromatic carbocycles. The molecular formula is C28H37NO7S. The summed E-state index contributed by atoms with van der Waals surface area (Å²) in [6.45, 7) is 2.68. The molecule has 0 spiro atoms. The first kappa shape index (κ1) is 30.3. The molecule has 0 radical (unpaired) electrons. The Morgan fingerprint density at radius 1 is 0.946 bits per heavy atom. The van der Waals surface area contributed by atoms with Gasteiger partial charge in [0.05, 0.1) is 12.2 Å². The molecule has 202 valence electrons. The summed E-state index contributed by atoms with van der Waals surface area (Å²) in [5.74, 6) is -1.94. The van der Waals surface area contributed by atoms with Gasteiger partial charge in [0.1, 0.15) is 16.5 Å². The largest absolute Gasteiger partial charge is 0.491 e. The third kappa shape index (κ3) is 11.4. The Labute approximate surface area is 222 Å². The van der Waals surface area contributed by atoms with Crippen LogP contribution in [0.4, 0.5) is 0 Å². The van der Waals surface area contributed by atoms with Gasteiger partial charge >= 0.3 is 11.9 Å². The zero-order valence-corrected chi connectivity index (χ0v) is 22.1. The van der Waals surface area contributed by atoms with Gasteiger partial charge < -0.3 is 25.2 Å². The van der Waals surface area contributed by atoms with Crippen molar-refractivity contribution >= 4 is 29.8 Å². The summed E-state index contributed by atoms with van der Waals surface area (Å²) in [5.41, 5.74) is 0.136. The van der Waals surface area contributed by atoms with Crippen molar-refractivity contribution in [2.75, 3.05) is 6.61 Å². The third-order valence-electron chi connectivity index (χ3n) is 5.73. The minimum Gasteiger partial charge on any atom is -0.491 e. The van der Waals surface area contributed by atoms with E-state index >= 15 is 0 Å². The lowest BCUT2D eigenvalue weighted by atomic mass is 10.1. The highest BCUT2D eigenvalue weighted by atomic mass is 32.2. The second kappa shape index (κ2) is 16.1. The Bertz CT molecular complexity index is 1040. The number of thioether (sulfide) groups is 1. The number of nitrogens with zero attached hydrogens (tertiary/aromatic N) is 1. The van der Waals surface area contributed by atoms with E-state index in [1.807, 2.05) is 0 Å². The number of hydrogen-bond donors (Lipinski definition) is 4. The molecule has 0 unspecified atom stereocenters. The number of carboxylic acid groups (broad SMARTS) is 2. The number of carboxylic acids is 2. The first-order chi connectivity index (χ1) is 17.7. The van der Waals surface area contributed by atoms with E-state index in [1.54, 1.807) is 12.1 Å². The van der Waals surface area contributed by atoms with E-state index in [0.29, 0.717) is 24.1 Å². The fraction of sp³-hybridized carbons (Fsp3) is 0.464. The molecule has 1 aromatic heterocycles. The first-order valence-electron chi connectivity index (χ1n) is 12.8. The quantitative estimate of drug-likeness (QED) is 0.0782. The van der Waals surface area contributed by atoms with E-state index in [-0.39, 0.29) is 21.8 Å². The van der Waals surface area contributed by atoms with Crippen LogP contribution in [0.2, 0.25) is 0 Å². The second-order valence-electron chi connectivity index (χ2n) is 8.83. The molecule has 9 heteroatoms. The fourth-order valence-corrected chi connectivity index (χ4v) is 4.54. The van der Waals surface area contributed by atoms with Gasteiger partial charge in [-0.1, -0.05) is 76.8 Å². The minimum absolute atomic E-state index is 0.0249. The van der Waals surface area contributed by atoms with Gasteiger partial charge in [-0.25, -0.2) is 14.6 Å². The van der Waals surface area contributed by atoms with Crippen molar-refractivity contribution in [2.24, 2.45) is 0 Å². The SMILES string of the molecule is CCCCCCCCCCCCOc1ccc(SC(O)(O)c2cccc(C(=O)O)c2)nc1/C=C/C(=O)O. The molecule has 0 aliphatic rings. The topological polar surface area (TPSA) is 137 Å². The van der Waals surface area contributed by atoms with Crippen LogP contribution < -0.4 is 4.74 Å². The van der Waals surface area contributed by atoms with Gasteiger partial charge in [-0.2, -0.15) is 0 Å². The van der Waals surface area contributed by atoms with Crippen LogP contribution in [-0.4, -0.2) is 44.0 Å². The molecule has 0 amide bonds. The number of aromatic nitrogens is 1. The van der Waals surface area contributed by atoms with Gasteiger partial charge in [-0.05, 0) is 48.5 Å². The minimum atomic E-state index is -2.45. The molecule has 0 fully saturated rings. The van der Waals surface area contributed by atoms with E-state index in [9.17, 15) is 19.8 Å². The summed E-state index contributed by atoms with van der Waals surface area (Å²) >= 11 is 0.592. The normalized spacial score (nSPS) is 11.6. The lowest BCUT2D eigenvalue weighted by Gasteiger charge is -2.21. The van der Waals surface area contributed by atoms with Gasteiger partial charge in [-0.15, -0.1) is 0 Å². The molecule has 0 aliphatic heterocycles. The van der Waals surface area contributed by atoms with Crippen molar-refractivity contribution in [3.05, 3.63) is 59.3 Å². The molecule has 4 N–H and O–H groups in total. The molecule has 37 heavy (non-hydrogen) atoms. The summed E-state index contributed by atoms with van der Waals surface area (Å²) in [4.78, 5) is 26.6. The Balaban J connectivity index is 1.95. The van der Waals surface area contributed by atoms with Crippen LogP contribution in [0, 0.1) is 0 Å². The lowest BCUT2D eigenvalue weighted by molar-refractivity contribution is -0.131. The van der Waals surface area contributed by atoms with E-state index in [2.05, 4.69) is 11.9 Å². The van der Waals surface area contributed by atoms with Crippen molar-refractivity contribution in [1.29, 1.82) is 0 Å². The van der Waals surface area contributed by atoms with Crippen molar-refractivity contribution in [1.82, 2.24) is 4.98 Å².